The van der Waals surface area contributed by atoms with Gasteiger partial charge >= 0.3 is 0 Å². The Hall–Kier alpha value is -2.29. The molecule has 4 heteroatoms. The predicted octanol–water partition coefficient (Wildman–Crippen LogP) is 7.31. The van der Waals surface area contributed by atoms with Crippen LogP contribution in [0.2, 0.25) is 10.0 Å². The lowest BCUT2D eigenvalue weighted by Gasteiger charge is -2.37. The van der Waals surface area contributed by atoms with Crippen LogP contribution in [0.5, 0.6) is 0 Å². The van der Waals surface area contributed by atoms with Crippen molar-refractivity contribution in [2.24, 2.45) is 0 Å². The maximum absolute atomic E-state index is 6.45. The highest BCUT2D eigenvalue weighted by Crippen LogP contribution is 2.45. The minimum Gasteiger partial charge on any atom is -0.344 e. The van der Waals surface area contributed by atoms with Crippen LogP contribution >= 0.6 is 23.2 Å². The summed E-state index contributed by atoms with van der Waals surface area (Å²) < 4.78 is 0. The predicted molar refractivity (Wildman–Crippen MR) is 121 cm³/mol. The summed E-state index contributed by atoms with van der Waals surface area (Å²) in [5.74, 6) is 0. The largest absolute Gasteiger partial charge is 0.344 e. The van der Waals surface area contributed by atoms with Crippen molar-refractivity contribution in [3.63, 3.8) is 0 Å². The highest BCUT2D eigenvalue weighted by molar-refractivity contribution is 6.31. The summed E-state index contributed by atoms with van der Waals surface area (Å²) in [7, 11) is 0. The second-order valence-corrected chi connectivity index (χ2v) is 7.89. The van der Waals surface area contributed by atoms with Gasteiger partial charge in [-0.15, -0.1) is 0 Å². The van der Waals surface area contributed by atoms with E-state index in [0.29, 0.717) is 5.02 Å². The van der Waals surface area contributed by atoms with E-state index in [1.807, 2.05) is 38.2 Å². The van der Waals surface area contributed by atoms with Gasteiger partial charge in [0.25, 0.3) is 0 Å². The Morgan fingerprint density at radius 3 is 2.39 bits per heavy atom. The van der Waals surface area contributed by atoms with Gasteiger partial charge in [0.1, 0.15) is 0 Å². The summed E-state index contributed by atoms with van der Waals surface area (Å²) in [5, 5.41) is 1.35. The quantitative estimate of drug-likeness (QED) is 0.525. The summed E-state index contributed by atoms with van der Waals surface area (Å²) in [6, 6.07) is 8.10. The maximum Gasteiger partial charge on any atom is 0.0595 e. The third-order valence-electron chi connectivity index (χ3n) is 5.06. The van der Waals surface area contributed by atoms with Gasteiger partial charge < -0.3 is 4.90 Å². The molecule has 0 N–H and O–H groups in total. The molecule has 3 rings (SSSR count). The van der Waals surface area contributed by atoms with Crippen LogP contribution in [-0.4, -0.2) is 16.4 Å². The summed E-state index contributed by atoms with van der Waals surface area (Å²) in [5.41, 5.74) is 9.19. The lowest BCUT2D eigenvalue weighted by atomic mass is 9.83. The molecule has 2 nitrogen and oxygen atoms in total. The van der Waals surface area contributed by atoms with Crippen molar-refractivity contribution in [3.05, 3.63) is 99.0 Å². The molecule has 0 fully saturated rings. The first kappa shape index (κ1) is 20.4. The lowest BCUT2D eigenvalue weighted by molar-refractivity contribution is 0.512. The molecule has 0 spiro atoms. The molecule has 1 aliphatic heterocycles. The van der Waals surface area contributed by atoms with E-state index in [0.717, 1.165) is 61.9 Å². The number of benzene rings is 1. The topological polar surface area (TPSA) is 16.1 Å². The number of nitrogens with zero attached hydrogens (tertiary/aromatic N) is 2. The Balaban J connectivity index is 2.28. The van der Waals surface area contributed by atoms with E-state index in [4.69, 9.17) is 23.2 Å². The van der Waals surface area contributed by atoms with E-state index < -0.39 is 0 Å². The van der Waals surface area contributed by atoms with Gasteiger partial charge in [-0.05, 0) is 56.5 Å². The average molecular weight is 411 g/mol. The van der Waals surface area contributed by atoms with E-state index in [1.165, 1.54) is 0 Å². The van der Waals surface area contributed by atoms with Gasteiger partial charge in [0.2, 0.25) is 0 Å². The Labute approximate surface area is 177 Å². The van der Waals surface area contributed by atoms with Crippen molar-refractivity contribution in [3.8, 4) is 0 Å². The van der Waals surface area contributed by atoms with E-state index in [-0.39, 0.29) is 0 Å². The first-order valence-electron chi connectivity index (χ1n) is 9.21. The molecule has 0 radical (unpaired) electrons. The van der Waals surface area contributed by atoms with Gasteiger partial charge in [-0.25, -0.2) is 0 Å². The molecule has 0 saturated heterocycles. The van der Waals surface area contributed by atoms with E-state index >= 15 is 0 Å². The monoisotopic (exact) mass is 410 g/mol. The van der Waals surface area contributed by atoms with Crippen molar-refractivity contribution in [1.82, 2.24) is 9.88 Å². The van der Waals surface area contributed by atoms with Crippen molar-refractivity contribution < 1.29 is 0 Å². The number of pyridine rings is 1. The molecule has 0 atom stereocenters. The molecule has 0 aliphatic carbocycles. The van der Waals surface area contributed by atoms with Crippen LogP contribution in [0.1, 0.15) is 37.5 Å². The molecule has 0 unspecified atom stereocenters. The van der Waals surface area contributed by atoms with Gasteiger partial charge in [-0.1, -0.05) is 48.5 Å². The number of hydrogen-bond donors (Lipinski definition) is 0. The molecule has 2 aromatic rings. The van der Waals surface area contributed by atoms with Gasteiger partial charge in [0.05, 0.1) is 10.7 Å². The molecular formula is C24H24Cl2N2. The summed E-state index contributed by atoms with van der Waals surface area (Å²) in [6.07, 6.45) is 3.47. The van der Waals surface area contributed by atoms with Gasteiger partial charge in [0, 0.05) is 51.9 Å². The molecular weight excluding hydrogens is 387 g/mol. The summed E-state index contributed by atoms with van der Waals surface area (Å²) >= 11 is 12.7. The number of hydrogen-bond acceptors (Lipinski definition) is 2. The Morgan fingerprint density at radius 1 is 1.11 bits per heavy atom. The van der Waals surface area contributed by atoms with E-state index in [1.54, 1.807) is 6.20 Å². The fourth-order valence-corrected chi connectivity index (χ4v) is 4.11. The molecule has 0 saturated carbocycles. The fourth-order valence-electron chi connectivity index (χ4n) is 3.75. The molecule has 1 aromatic carbocycles. The van der Waals surface area contributed by atoms with Crippen LogP contribution in [0.15, 0.2) is 72.2 Å². The van der Waals surface area contributed by atoms with Crippen molar-refractivity contribution in [2.75, 3.05) is 6.54 Å². The SMILES string of the molecule is C=C(C)C1=C(c2ccc(C)c(Cl)c2)N(CC)C(C)=C(c2cncc(Cl)c2)C1=C. The lowest BCUT2D eigenvalue weighted by Crippen LogP contribution is -2.27. The second-order valence-electron chi connectivity index (χ2n) is 7.04. The minimum atomic E-state index is 0.602. The van der Waals surface area contributed by atoms with Crippen LogP contribution in [0.3, 0.4) is 0 Å². The van der Waals surface area contributed by atoms with Crippen molar-refractivity contribution >= 4 is 34.5 Å². The third kappa shape index (κ3) is 3.55. The maximum atomic E-state index is 6.45. The molecule has 0 bridgehead atoms. The van der Waals surface area contributed by atoms with Crippen molar-refractivity contribution in [2.45, 2.75) is 27.7 Å². The zero-order valence-corrected chi connectivity index (χ0v) is 18.2. The average Bonchev–Trinajstić information content (AvgIpc) is 2.63. The highest BCUT2D eigenvalue weighted by Gasteiger charge is 2.29. The normalized spacial score (nSPS) is 14.8. The van der Waals surface area contributed by atoms with Crippen LogP contribution in [0.25, 0.3) is 11.3 Å². The molecule has 144 valence electrons. The number of aryl methyl sites for hydroxylation is 1. The number of aromatic nitrogens is 1. The van der Waals surface area contributed by atoms with E-state index in [2.05, 4.69) is 43.0 Å². The van der Waals surface area contributed by atoms with Crippen LogP contribution in [0.4, 0.5) is 0 Å². The first-order valence-corrected chi connectivity index (χ1v) is 9.97. The number of rotatable bonds is 4. The molecule has 28 heavy (non-hydrogen) atoms. The molecule has 2 heterocycles. The Bertz CT molecular complexity index is 1040. The first-order chi connectivity index (χ1) is 13.3. The highest BCUT2D eigenvalue weighted by atomic mass is 35.5. The smallest absolute Gasteiger partial charge is 0.0595 e. The Morgan fingerprint density at radius 2 is 1.82 bits per heavy atom. The summed E-state index contributed by atoms with van der Waals surface area (Å²) in [4.78, 5) is 6.55. The van der Waals surface area contributed by atoms with Crippen LogP contribution in [-0.2, 0) is 0 Å². The Kier molecular flexibility index (Phi) is 5.83. The zero-order chi connectivity index (χ0) is 20.6. The van der Waals surface area contributed by atoms with Gasteiger partial charge in [-0.3, -0.25) is 4.98 Å². The number of allylic oxidation sites excluding steroid dienone is 5. The molecule has 1 aromatic heterocycles. The zero-order valence-electron chi connectivity index (χ0n) is 16.7. The number of halogens is 2. The second kappa shape index (κ2) is 7.98. The molecule has 0 amide bonds. The standard InChI is InChI=1S/C24H24Cl2N2/c1-7-28-17(6)23(19-10-20(25)13-27-12-19)16(5)22(14(2)3)24(28)18-9-8-15(4)21(26)11-18/h8-13H,2,5,7H2,1,3-4,6H3. The minimum absolute atomic E-state index is 0.602. The van der Waals surface area contributed by atoms with E-state index in [9.17, 15) is 0 Å². The van der Waals surface area contributed by atoms with Crippen LogP contribution < -0.4 is 0 Å². The summed E-state index contributed by atoms with van der Waals surface area (Å²) in [6.45, 7) is 17.7. The third-order valence-corrected chi connectivity index (χ3v) is 5.67. The van der Waals surface area contributed by atoms with Crippen molar-refractivity contribution in [1.29, 1.82) is 0 Å². The van der Waals surface area contributed by atoms with Crippen LogP contribution in [0, 0.1) is 6.92 Å². The van der Waals surface area contributed by atoms with Gasteiger partial charge in [-0.2, -0.15) is 0 Å². The molecule has 1 aliphatic rings. The fraction of sp³-hybridized carbons (Fsp3) is 0.208. The van der Waals surface area contributed by atoms with Gasteiger partial charge in [0.15, 0.2) is 0 Å².